The SMILES string of the molecule is CC.CC.CC.CC.CN1C(=O)c2ccc(C#Cc3ccccc3)cc2C1=O.CN1C(=O)c2ccc(C#Cc3ccccc3)cc2C1=O.COC.COC.O=C1C=CC(=O)N1.O=C1C=CC(=O)N1.c1ccccc1.c1ccccc1.c1ccccc1.c1ccccc1. The van der Waals surface area contributed by atoms with Gasteiger partial charge in [0.1, 0.15) is 0 Å². The van der Waals surface area contributed by atoms with Crippen molar-refractivity contribution in [1.29, 1.82) is 0 Å². The summed E-state index contributed by atoms with van der Waals surface area (Å²) in [6.45, 7) is 16.0. The molecular formula is C78H88N4O10. The number of ether oxygens (including phenoxy) is 2. The molecular weight excluding hydrogens is 1150 g/mol. The number of imide groups is 4. The summed E-state index contributed by atoms with van der Waals surface area (Å²) in [5, 5.41) is 4.06. The van der Waals surface area contributed by atoms with Crippen LogP contribution < -0.4 is 10.6 Å². The Morgan fingerprint density at radius 3 is 0.620 bits per heavy atom. The molecule has 4 aliphatic rings. The van der Waals surface area contributed by atoms with E-state index in [1.54, 1.807) is 64.8 Å². The van der Waals surface area contributed by atoms with Crippen LogP contribution in [0.1, 0.15) is 119 Å². The smallest absolute Gasteiger partial charge is 0.261 e. The van der Waals surface area contributed by atoms with E-state index >= 15 is 0 Å². The van der Waals surface area contributed by atoms with E-state index in [0.717, 1.165) is 32.1 Å². The molecule has 4 aliphatic heterocycles. The standard InChI is InChI=1S/2C17H11NO2.4C6H6.2C4H3NO2.2C2H6O.4C2H6/c2*1-18-16(19)14-10-9-13(11-15(14)17(18)20)8-7-12-5-3-2-4-6-12;4*1-2-4-6-5-3-1;2*6-3-1-2-4(7)5-3;2*1-3-2;4*1-2/h2*2-6,9-11H,1H3;4*1-6H;2*1-2H,(H,5,6,7);2*1-2H3;4*1-2H3. The first-order valence-corrected chi connectivity index (χ1v) is 29.7. The van der Waals surface area contributed by atoms with Crippen LogP contribution in [0.2, 0.25) is 0 Å². The van der Waals surface area contributed by atoms with Crippen LogP contribution in [0.25, 0.3) is 0 Å². The minimum absolute atomic E-state index is 0.257. The molecule has 8 amide bonds. The molecule has 480 valence electrons. The van der Waals surface area contributed by atoms with E-state index in [0.29, 0.717) is 22.3 Å². The van der Waals surface area contributed by atoms with E-state index in [4.69, 9.17) is 0 Å². The third-order valence-electron chi connectivity index (χ3n) is 10.4. The molecule has 0 aromatic heterocycles. The van der Waals surface area contributed by atoms with Gasteiger partial charge in [-0.1, -0.05) is 261 Å². The Kier molecular flexibility index (Phi) is 49.7. The first-order chi connectivity index (χ1) is 44.7. The third-order valence-corrected chi connectivity index (χ3v) is 10.4. The highest BCUT2D eigenvalue weighted by Crippen LogP contribution is 2.23. The monoisotopic (exact) mass is 1240 g/mol. The molecule has 0 atom stereocenters. The minimum atomic E-state index is -0.329. The van der Waals surface area contributed by atoms with Crippen molar-refractivity contribution in [2.24, 2.45) is 0 Å². The lowest BCUT2D eigenvalue weighted by Gasteiger charge is -2.02. The Morgan fingerprint density at radius 2 is 0.435 bits per heavy atom. The van der Waals surface area contributed by atoms with Crippen molar-refractivity contribution in [3.63, 3.8) is 0 Å². The predicted octanol–water partition coefficient (Wildman–Crippen LogP) is 14.4. The average Bonchev–Trinajstić information content (AvgIpc) is 1.66. The number of benzene rings is 8. The van der Waals surface area contributed by atoms with Gasteiger partial charge >= 0.3 is 0 Å². The number of hydrogen-bond donors (Lipinski definition) is 2. The Morgan fingerprint density at radius 1 is 0.261 bits per heavy atom. The van der Waals surface area contributed by atoms with Gasteiger partial charge in [0.05, 0.1) is 22.3 Å². The van der Waals surface area contributed by atoms with E-state index < -0.39 is 0 Å². The molecule has 4 heterocycles. The number of amides is 8. The highest BCUT2D eigenvalue weighted by atomic mass is 16.5. The summed E-state index contributed by atoms with van der Waals surface area (Å²) in [6.07, 6.45) is 4.79. The van der Waals surface area contributed by atoms with E-state index in [-0.39, 0.29) is 47.3 Å². The Labute approximate surface area is 546 Å². The van der Waals surface area contributed by atoms with E-state index in [9.17, 15) is 38.4 Å². The normalized spacial score (nSPS) is 11.1. The van der Waals surface area contributed by atoms with Crippen molar-refractivity contribution in [2.45, 2.75) is 55.4 Å². The zero-order valence-corrected chi connectivity index (χ0v) is 55.4. The molecule has 92 heavy (non-hydrogen) atoms. The number of nitrogens with zero attached hydrogens (tertiary/aromatic N) is 2. The van der Waals surface area contributed by atoms with Gasteiger partial charge in [-0.2, -0.15) is 0 Å². The van der Waals surface area contributed by atoms with Crippen molar-refractivity contribution >= 4 is 47.3 Å². The molecule has 8 aromatic rings. The largest absolute Gasteiger partial charge is 0.388 e. The van der Waals surface area contributed by atoms with Crippen molar-refractivity contribution in [2.75, 3.05) is 42.5 Å². The molecule has 2 N–H and O–H groups in total. The fraction of sp³-hybridized carbons (Fsp3) is 0.179. The van der Waals surface area contributed by atoms with Gasteiger partial charge in [0.15, 0.2) is 0 Å². The van der Waals surface area contributed by atoms with Crippen molar-refractivity contribution in [1.82, 2.24) is 20.4 Å². The Balaban J connectivity index is 0. The number of nitrogens with one attached hydrogen (secondary N) is 2. The summed E-state index contributed by atoms with van der Waals surface area (Å²) in [5.41, 5.74) is 5.02. The van der Waals surface area contributed by atoms with Crippen LogP contribution in [0.3, 0.4) is 0 Å². The highest BCUT2D eigenvalue weighted by Gasteiger charge is 2.33. The zero-order chi connectivity index (χ0) is 69.2. The van der Waals surface area contributed by atoms with Crippen LogP contribution >= 0.6 is 0 Å². The maximum atomic E-state index is 11.9. The lowest BCUT2D eigenvalue weighted by molar-refractivity contribution is -0.125. The summed E-state index contributed by atoms with van der Waals surface area (Å²) in [6, 6.07) is 77.4. The van der Waals surface area contributed by atoms with Gasteiger partial charge in [-0.25, -0.2) is 0 Å². The second kappa shape index (κ2) is 55.2. The highest BCUT2D eigenvalue weighted by molar-refractivity contribution is 6.22. The quantitative estimate of drug-likeness (QED) is 0.109. The van der Waals surface area contributed by atoms with Gasteiger partial charge in [0.25, 0.3) is 47.3 Å². The molecule has 0 saturated carbocycles. The maximum Gasteiger partial charge on any atom is 0.261 e. The van der Waals surface area contributed by atoms with Crippen LogP contribution in [0, 0.1) is 23.7 Å². The van der Waals surface area contributed by atoms with Crippen LogP contribution in [0.15, 0.2) is 267 Å². The molecule has 14 heteroatoms. The molecule has 0 spiro atoms. The molecule has 0 bridgehead atoms. The lowest BCUT2D eigenvalue weighted by Crippen LogP contribution is -2.24. The van der Waals surface area contributed by atoms with E-state index in [1.807, 2.05) is 272 Å². The summed E-state index contributed by atoms with van der Waals surface area (Å²) >= 11 is 0. The van der Waals surface area contributed by atoms with Crippen molar-refractivity contribution in [3.8, 4) is 23.7 Å². The van der Waals surface area contributed by atoms with Crippen LogP contribution in [0.5, 0.6) is 0 Å². The maximum absolute atomic E-state index is 11.9. The second-order valence-electron chi connectivity index (χ2n) is 16.9. The zero-order valence-electron chi connectivity index (χ0n) is 55.4. The summed E-state index contributed by atoms with van der Waals surface area (Å²) < 4.78 is 8.50. The summed E-state index contributed by atoms with van der Waals surface area (Å²) in [7, 11) is 9.47. The van der Waals surface area contributed by atoms with Gasteiger partial charge in [-0.3, -0.25) is 58.8 Å². The number of rotatable bonds is 0. The number of carbonyl (C=O) groups is 8. The number of carbonyl (C=O) groups excluding carboxylic acids is 8. The number of fused-ring (bicyclic) bond motifs is 2. The lowest BCUT2D eigenvalue weighted by atomic mass is 10.1. The van der Waals surface area contributed by atoms with Gasteiger partial charge in [0.2, 0.25) is 0 Å². The molecule has 14 nitrogen and oxygen atoms in total. The molecule has 0 unspecified atom stereocenters. The molecule has 8 aromatic carbocycles. The summed E-state index contributed by atoms with van der Waals surface area (Å²) in [4.78, 5) is 89.7. The molecule has 0 saturated heterocycles. The van der Waals surface area contributed by atoms with Crippen LogP contribution in [0.4, 0.5) is 0 Å². The predicted molar refractivity (Wildman–Crippen MR) is 372 cm³/mol. The molecule has 0 fully saturated rings. The fourth-order valence-electron chi connectivity index (χ4n) is 6.46. The minimum Gasteiger partial charge on any atom is -0.388 e. The number of hydrogen-bond acceptors (Lipinski definition) is 10. The van der Waals surface area contributed by atoms with Gasteiger partial charge in [0, 0.05) is 89.1 Å². The third kappa shape index (κ3) is 36.2. The van der Waals surface area contributed by atoms with Crippen molar-refractivity contribution in [3.05, 3.63) is 311 Å². The van der Waals surface area contributed by atoms with E-state index in [1.165, 1.54) is 38.4 Å². The molecule has 0 radical (unpaired) electrons. The average molecular weight is 1240 g/mol. The second-order valence-corrected chi connectivity index (χ2v) is 16.9. The molecule has 12 rings (SSSR count). The summed E-state index contributed by atoms with van der Waals surface area (Å²) in [5.74, 6) is 9.71. The molecule has 0 aliphatic carbocycles. The number of methoxy groups -OCH3 is 2. The topological polar surface area (TPSA) is 186 Å². The van der Waals surface area contributed by atoms with Gasteiger partial charge < -0.3 is 9.47 Å². The first-order valence-electron chi connectivity index (χ1n) is 29.7. The van der Waals surface area contributed by atoms with Gasteiger partial charge in [-0.15, -0.1) is 0 Å². The first kappa shape index (κ1) is 82.9. The fourth-order valence-corrected chi connectivity index (χ4v) is 6.46. The van der Waals surface area contributed by atoms with Crippen LogP contribution in [-0.2, 0) is 28.7 Å². The van der Waals surface area contributed by atoms with Gasteiger partial charge in [-0.05, 0) is 60.7 Å². The van der Waals surface area contributed by atoms with Crippen LogP contribution in [-0.4, -0.2) is 99.6 Å². The Bertz CT molecular complexity index is 3080. The Hall–Kier alpha value is -11.2. The van der Waals surface area contributed by atoms with Crippen molar-refractivity contribution < 1.29 is 47.8 Å². The van der Waals surface area contributed by atoms with E-state index in [2.05, 4.69) is 33.2 Å².